The SMILES string of the molecule is COc1c(C)cnc(CN(C)C(=O)NC2CCc3c(Cl)cccc32)c1C. The number of pyridine rings is 1. The molecule has 26 heavy (non-hydrogen) atoms. The third kappa shape index (κ3) is 3.49. The molecule has 1 aliphatic carbocycles. The van der Waals surface area contributed by atoms with Gasteiger partial charge in [-0.25, -0.2) is 4.79 Å². The van der Waals surface area contributed by atoms with Crippen LogP contribution in [0, 0.1) is 13.8 Å². The summed E-state index contributed by atoms with van der Waals surface area (Å²) in [4.78, 5) is 18.8. The van der Waals surface area contributed by atoms with Crippen molar-refractivity contribution in [2.75, 3.05) is 14.2 Å². The molecule has 1 aromatic carbocycles. The summed E-state index contributed by atoms with van der Waals surface area (Å²) < 4.78 is 5.44. The maximum Gasteiger partial charge on any atom is 0.317 e. The summed E-state index contributed by atoms with van der Waals surface area (Å²) in [5, 5.41) is 3.89. The highest BCUT2D eigenvalue weighted by atomic mass is 35.5. The molecule has 2 amide bonds. The van der Waals surface area contributed by atoms with Crippen molar-refractivity contribution in [3.8, 4) is 5.75 Å². The third-order valence-electron chi connectivity index (χ3n) is 4.99. The Balaban J connectivity index is 1.70. The van der Waals surface area contributed by atoms with Gasteiger partial charge in [-0.2, -0.15) is 0 Å². The quantitative estimate of drug-likeness (QED) is 0.874. The molecule has 1 atom stereocenters. The summed E-state index contributed by atoms with van der Waals surface area (Å²) in [6, 6.07) is 5.75. The van der Waals surface area contributed by atoms with Gasteiger partial charge in [0, 0.05) is 29.4 Å². The maximum absolute atomic E-state index is 12.7. The molecule has 0 spiro atoms. The highest BCUT2D eigenvalue weighted by Gasteiger charge is 2.26. The number of ether oxygens (including phenoxy) is 1. The molecule has 0 saturated heterocycles. The Hall–Kier alpha value is -2.27. The van der Waals surface area contributed by atoms with Gasteiger partial charge in [-0.15, -0.1) is 0 Å². The monoisotopic (exact) mass is 373 g/mol. The zero-order valence-corrected chi connectivity index (χ0v) is 16.4. The number of aryl methyl sites for hydroxylation is 1. The second-order valence-electron chi connectivity index (χ2n) is 6.75. The Morgan fingerprint density at radius 2 is 2.19 bits per heavy atom. The average molecular weight is 374 g/mol. The molecule has 0 fully saturated rings. The largest absolute Gasteiger partial charge is 0.496 e. The van der Waals surface area contributed by atoms with Gasteiger partial charge in [0.1, 0.15) is 5.75 Å². The van der Waals surface area contributed by atoms with E-state index in [1.807, 2.05) is 32.0 Å². The Bertz CT molecular complexity index is 838. The van der Waals surface area contributed by atoms with Gasteiger partial charge in [-0.3, -0.25) is 4.98 Å². The lowest BCUT2D eigenvalue weighted by atomic mass is 10.1. The number of methoxy groups -OCH3 is 1. The van der Waals surface area contributed by atoms with Crippen molar-refractivity contribution in [3.63, 3.8) is 0 Å². The highest BCUT2D eigenvalue weighted by molar-refractivity contribution is 6.31. The van der Waals surface area contributed by atoms with Crippen molar-refractivity contribution in [3.05, 3.63) is 57.4 Å². The standard InChI is InChI=1S/C20H24ClN3O2/c1-12-10-22-18(13(2)19(12)26-4)11-24(3)20(25)23-17-9-8-14-15(17)6-5-7-16(14)21/h5-7,10,17H,8-9,11H2,1-4H3,(H,23,25). The van der Waals surface area contributed by atoms with Crippen LogP contribution in [0.3, 0.4) is 0 Å². The molecule has 1 aromatic heterocycles. The van der Waals surface area contributed by atoms with Crippen LogP contribution >= 0.6 is 11.6 Å². The van der Waals surface area contributed by atoms with Crippen LogP contribution in [-0.2, 0) is 13.0 Å². The van der Waals surface area contributed by atoms with Crippen LogP contribution in [0.25, 0.3) is 0 Å². The number of hydrogen-bond donors (Lipinski definition) is 1. The van der Waals surface area contributed by atoms with Crippen LogP contribution in [0.2, 0.25) is 5.02 Å². The Morgan fingerprint density at radius 1 is 1.42 bits per heavy atom. The summed E-state index contributed by atoms with van der Waals surface area (Å²) in [7, 11) is 3.43. The molecule has 0 saturated carbocycles. The molecule has 1 aliphatic rings. The topological polar surface area (TPSA) is 54.5 Å². The van der Waals surface area contributed by atoms with Gasteiger partial charge in [0.2, 0.25) is 0 Å². The molecular weight excluding hydrogens is 350 g/mol. The van der Waals surface area contributed by atoms with Crippen molar-refractivity contribution >= 4 is 17.6 Å². The van der Waals surface area contributed by atoms with E-state index in [-0.39, 0.29) is 12.1 Å². The lowest BCUT2D eigenvalue weighted by Crippen LogP contribution is -2.38. The van der Waals surface area contributed by atoms with Gasteiger partial charge < -0.3 is 15.0 Å². The molecule has 2 aromatic rings. The average Bonchev–Trinajstić information content (AvgIpc) is 3.02. The number of benzene rings is 1. The first-order valence-electron chi connectivity index (χ1n) is 8.70. The summed E-state index contributed by atoms with van der Waals surface area (Å²) in [5.74, 6) is 0.822. The van der Waals surface area contributed by atoms with Crippen LogP contribution in [0.5, 0.6) is 5.75 Å². The Kier molecular flexibility index (Phi) is 5.37. The number of halogens is 1. The van der Waals surface area contributed by atoms with Crippen molar-refractivity contribution in [2.24, 2.45) is 0 Å². The first-order chi connectivity index (χ1) is 12.4. The number of nitrogens with one attached hydrogen (secondary N) is 1. The van der Waals surface area contributed by atoms with Crippen LogP contribution in [0.15, 0.2) is 24.4 Å². The van der Waals surface area contributed by atoms with Gasteiger partial charge in [0.15, 0.2) is 0 Å². The van der Waals surface area contributed by atoms with E-state index >= 15 is 0 Å². The third-order valence-corrected chi connectivity index (χ3v) is 5.35. The van der Waals surface area contributed by atoms with E-state index in [0.29, 0.717) is 6.54 Å². The predicted molar refractivity (Wildman–Crippen MR) is 103 cm³/mol. The van der Waals surface area contributed by atoms with E-state index in [0.717, 1.165) is 51.6 Å². The van der Waals surface area contributed by atoms with Gasteiger partial charge >= 0.3 is 6.03 Å². The number of amides is 2. The molecular formula is C20H24ClN3O2. The van der Waals surface area contributed by atoms with E-state index in [1.54, 1.807) is 25.3 Å². The number of carbonyl (C=O) groups excluding carboxylic acids is 1. The normalized spacial score (nSPS) is 15.5. The number of nitrogens with zero attached hydrogens (tertiary/aromatic N) is 2. The minimum Gasteiger partial charge on any atom is -0.496 e. The molecule has 1 heterocycles. The van der Waals surface area contributed by atoms with E-state index in [1.165, 1.54) is 0 Å². The summed E-state index contributed by atoms with van der Waals surface area (Å²) in [6.07, 6.45) is 3.54. The predicted octanol–water partition coefficient (Wildman–Crippen LogP) is 4.19. The van der Waals surface area contributed by atoms with E-state index in [9.17, 15) is 4.79 Å². The number of urea groups is 1. The summed E-state index contributed by atoms with van der Waals surface area (Å²) in [5.41, 5.74) is 5.04. The fourth-order valence-corrected chi connectivity index (χ4v) is 3.82. The van der Waals surface area contributed by atoms with Crippen molar-refractivity contribution in [1.29, 1.82) is 0 Å². The first-order valence-corrected chi connectivity index (χ1v) is 9.08. The molecule has 0 radical (unpaired) electrons. The molecule has 3 rings (SSSR count). The smallest absolute Gasteiger partial charge is 0.317 e. The van der Waals surface area contributed by atoms with Crippen molar-refractivity contribution in [2.45, 2.75) is 39.3 Å². The van der Waals surface area contributed by atoms with Crippen LogP contribution in [0.4, 0.5) is 4.79 Å². The van der Waals surface area contributed by atoms with Crippen LogP contribution in [-0.4, -0.2) is 30.1 Å². The molecule has 6 heteroatoms. The number of carbonyl (C=O) groups is 1. The zero-order valence-electron chi connectivity index (χ0n) is 15.6. The summed E-state index contributed by atoms with van der Waals surface area (Å²) >= 11 is 6.26. The molecule has 1 N–H and O–H groups in total. The van der Waals surface area contributed by atoms with E-state index in [4.69, 9.17) is 16.3 Å². The Labute approximate surface area is 159 Å². The molecule has 5 nitrogen and oxygen atoms in total. The Morgan fingerprint density at radius 3 is 2.92 bits per heavy atom. The second kappa shape index (κ2) is 7.54. The van der Waals surface area contributed by atoms with Crippen LogP contribution in [0.1, 0.15) is 40.4 Å². The maximum atomic E-state index is 12.7. The van der Waals surface area contributed by atoms with Crippen molar-refractivity contribution in [1.82, 2.24) is 15.2 Å². The zero-order chi connectivity index (χ0) is 18.8. The molecule has 0 bridgehead atoms. The van der Waals surface area contributed by atoms with Gasteiger partial charge in [0.05, 0.1) is 25.4 Å². The molecule has 1 unspecified atom stereocenters. The number of aromatic nitrogens is 1. The fourth-order valence-electron chi connectivity index (χ4n) is 3.55. The lowest BCUT2D eigenvalue weighted by molar-refractivity contribution is 0.202. The minimum absolute atomic E-state index is 0.000241. The first kappa shape index (κ1) is 18.5. The lowest BCUT2D eigenvalue weighted by Gasteiger charge is -2.22. The van der Waals surface area contributed by atoms with E-state index < -0.39 is 0 Å². The van der Waals surface area contributed by atoms with Crippen molar-refractivity contribution < 1.29 is 9.53 Å². The van der Waals surface area contributed by atoms with Gasteiger partial charge in [-0.1, -0.05) is 23.7 Å². The minimum atomic E-state index is -0.122. The molecule has 0 aliphatic heterocycles. The van der Waals surface area contributed by atoms with Gasteiger partial charge in [0.25, 0.3) is 0 Å². The number of rotatable bonds is 4. The van der Waals surface area contributed by atoms with Crippen LogP contribution < -0.4 is 10.1 Å². The van der Waals surface area contributed by atoms with E-state index in [2.05, 4.69) is 10.3 Å². The summed E-state index contributed by atoms with van der Waals surface area (Å²) in [6.45, 7) is 4.35. The van der Waals surface area contributed by atoms with Gasteiger partial charge in [-0.05, 0) is 43.9 Å². The highest BCUT2D eigenvalue weighted by Crippen LogP contribution is 2.35. The fraction of sp³-hybridized carbons (Fsp3) is 0.400. The second-order valence-corrected chi connectivity index (χ2v) is 7.16. The molecule has 138 valence electrons. The number of hydrogen-bond acceptors (Lipinski definition) is 3. The number of fused-ring (bicyclic) bond motifs is 1.